The van der Waals surface area contributed by atoms with Crippen LogP contribution in [0.3, 0.4) is 0 Å². The van der Waals surface area contributed by atoms with Gasteiger partial charge in [0.05, 0.1) is 23.8 Å². The smallest absolute Gasteiger partial charge is 0.326 e. The zero-order valence-corrected chi connectivity index (χ0v) is 14.8. The van der Waals surface area contributed by atoms with Gasteiger partial charge in [0.25, 0.3) is 0 Å². The summed E-state index contributed by atoms with van der Waals surface area (Å²) in [6, 6.07) is 8.40. The third kappa shape index (κ3) is 2.22. The zero-order chi connectivity index (χ0) is 17.8. The van der Waals surface area contributed by atoms with Gasteiger partial charge < -0.3 is 14.5 Å². The fourth-order valence-electron chi connectivity index (χ4n) is 3.25. The lowest BCUT2D eigenvalue weighted by molar-refractivity contribution is 0.174. The van der Waals surface area contributed by atoms with Crippen LogP contribution in [0.5, 0.6) is 11.5 Å². The minimum Gasteiger partial charge on any atom is -0.454 e. The van der Waals surface area contributed by atoms with E-state index in [2.05, 4.69) is 25.9 Å². The topological polar surface area (TPSA) is 69.1 Å². The number of nitrogens with zero attached hydrogens (tertiary/aromatic N) is 2. The quantitative estimate of drug-likeness (QED) is 0.543. The van der Waals surface area contributed by atoms with Crippen molar-refractivity contribution in [1.82, 2.24) is 14.5 Å². The van der Waals surface area contributed by atoms with Crippen LogP contribution in [0, 0.1) is 5.82 Å². The Hall–Kier alpha value is -2.87. The molecule has 1 aliphatic rings. The molecule has 0 saturated heterocycles. The predicted octanol–water partition coefficient (Wildman–Crippen LogP) is 3.56. The fraction of sp³-hybridized carbons (Fsp3) is 0.111. The maximum Gasteiger partial charge on any atom is 0.326 e. The summed E-state index contributed by atoms with van der Waals surface area (Å²) < 4.78 is 27.3. The van der Waals surface area contributed by atoms with Gasteiger partial charge in [-0.05, 0) is 24.3 Å². The van der Waals surface area contributed by atoms with Crippen molar-refractivity contribution in [1.29, 1.82) is 0 Å². The lowest BCUT2D eigenvalue weighted by atomic mass is 10.1. The van der Waals surface area contributed by atoms with Gasteiger partial charge in [0.1, 0.15) is 11.3 Å². The number of H-pyrrole nitrogens is 1. The molecule has 0 radical (unpaired) electrons. The molecule has 1 aliphatic heterocycles. The molecule has 2 aromatic heterocycles. The Balaban J connectivity index is 1.77. The van der Waals surface area contributed by atoms with Crippen LogP contribution in [0.4, 0.5) is 4.39 Å². The van der Waals surface area contributed by atoms with Crippen LogP contribution in [-0.4, -0.2) is 21.3 Å². The van der Waals surface area contributed by atoms with Crippen LogP contribution in [-0.2, 0) is 6.54 Å². The number of hydrogen-bond donors (Lipinski definition) is 1. The van der Waals surface area contributed by atoms with Crippen LogP contribution in [0.2, 0.25) is 0 Å². The lowest BCUT2D eigenvalue weighted by Crippen LogP contribution is -2.18. The van der Waals surface area contributed by atoms with E-state index in [4.69, 9.17) is 9.47 Å². The monoisotopic (exact) mass is 415 g/mol. The Morgan fingerprint density at radius 2 is 2.15 bits per heavy atom. The van der Waals surface area contributed by atoms with E-state index >= 15 is 0 Å². The van der Waals surface area contributed by atoms with E-state index in [1.807, 2.05) is 6.07 Å². The third-order valence-corrected chi connectivity index (χ3v) is 4.94. The zero-order valence-electron chi connectivity index (χ0n) is 13.3. The van der Waals surface area contributed by atoms with Crippen LogP contribution in [0.15, 0.2) is 45.8 Å². The molecule has 26 heavy (non-hydrogen) atoms. The molecule has 0 spiro atoms. The highest BCUT2D eigenvalue weighted by Gasteiger charge is 2.21. The summed E-state index contributed by atoms with van der Waals surface area (Å²) in [6.07, 6.45) is 1.58. The number of imidazole rings is 1. The molecule has 130 valence electrons. The van der Waals surface area contributed by atoms with Crippen LogP contribution in [0.1, 0.15) is 5.56 Å². The van der Waals surface area contributed by atoms with E-state index in [-0.39, 0.29) is 24.8 Å². The van der Waals surface area contributed by atoms with Crippen molar-refractivity contribution in [3.05, 3.63) is 62.9 Å². The average molecular weight is 416 g/mol. The molecule has 6 nitrogen and oxygen atoms in total. The predicted molar refractivity (Wildman–Crippen MR) is 97.2 cm³/mol. The Morgan fingerprint density at radius 1 is 1.27 bits per heavy atom. The summed E-state index contributed by atoms with van der Waals surface area (Å²) in [5.74, 6) is 0.795. The van der Waals surface area contributed by atoms with Gasteiger partial charge in [0.15, 0.2) is 11.5 Å². The average Bonchev–Trinajstić information content (AvgIpc) is 3.21. The van der Waals surface area contributed by atoms with Gasteiger partial charge in [0, 0.05) is 15.4 Å². The van der Waals surface area contributed by atoms with Crippen molar-refractivity contribution in [2.45, 2.75) is 6.54 Å². The molecule has 4 aromatic rings. The highest BCUT2D eigenvalue weighted by Crippen LogP contribution is 2.39. The highest BCUT2D eigenvalue weighted by molar-refractivity contribution is 9.10. The summed E-state index contributed by atoms with van der Waals surface area (Å²) in [7, 11) is 0. The Morgan fingerprint density at radius 3 is 3.00 bits per heavy atom. The minimum atomic E-state index is -0.378. The van der Waals surface area contributed by atoms with Crippen molar-refractivity contribution in [2.75, 3.05) is 6.79 Å². The molecule has 0 aliphatic carbocycles. The van der Waals surface area contributed by atoms with Crippen LogP contribution >= 0.6 is 15.9 Å². The second-order valence-electron chi connectivity index (χ2n) is 5.97. The van der Waals surface area contributed by atoms with Gasteiger partial charge >= 0.3 is 5.69 Å². The van der Waals surface area contributed by atoms with Crippen molar-refractivity contribution in [2.24, 2.45) is 0 Å². The van der Waals surface area contributed by atoms with Crippen molar-refractivity contribution in [3.8, 4) is 11.5 Å². The van der Waals surface area contributed by atoms with Crippen LogP contribution in [0.25, 0.3) is 21.9 Å². The molecule has 0 bridgehead atoms. The van der Waals surface area contributed by atoms with E-state index in [0.29, 0.717) is 38.1 Å². The van der Waals surface area contributed by atoms with Gasteiger partial charge in [-0.3, -0.25) is 4.57 Å². The summed E-state index contributed by atoms with van der Waals surface area (Å²) >= 11 is 3.24. The van der Waals surface area contributed by atoms with Gasteiger partial charge in [-0.15, -0.1) is 0 Å². The van der Waals surface area contributed by atoms with Crippen molar-refractivity contribution in [3.63, 3.8) is 0 Å². The molecule has 2 aromatic carbocycles. The van der Waals surface area contributed by atoms with Gasteiger partial charge in [-0.25, -0.2) is 14.2 Å². The number of halogens is 2. The Bertz CT molecular complexity index is 1250. The molecular weight excluding hydrogens is 405 g/mol. The number of aromatic nitrogens is 3. The summed E-state index contributed by atoms with van der Waals surface area (Å²) in [5, 5.41) is 0.739. The lowest BCUT2D eigenvalue weighted by Gasteiger charge is -2.08. The molecule has 5 rings (SSSR count). The normalized spacial score (nSPS) is 13.0. The summed E-state index contributed by atoms with van der Waals surface area (Å²) in [4.78, 5) is 19.7. The number of rotatable bonds is 2. The molecule has 0 fully saturated rings. The number of aromatic amines is 1. The fourth-order valence-corrected chi connectivity index (χ4v) is 3.58. The van der Waals surface area contributed by atoms with E-state index < -0.39 is 0 Å². The molecule has 0 amide bonds. The highest BCUT2D eigenvalue weighted by atomic mass is 79.9. The first-order valence-electron chi connectivity index (χ1n) is 7.85. The molecule has 8 heteroatoms. The van der Waals surface area contributed by atoms with E-state index in [1.54, 1.807) is 24.4 Å². The van der Waals surface area contributed by atoms with E-state index in [9.17, 15) is 9.18 Å². The second-order valence-corrected chi connectivity index (χ2v) is 6.88. The molecule has 0 atom stereocenters. The van der Waals surface area contributed by atoms with Crippen molar-refractivity contribution < 1.29 is 13.9 Å². The molecule has 0 unspecified atom stereocenters. The first kappa shape index (κ1) is 15.4. The first-order chi connectivity index (χ1) is 12.6. The number of nitrogens with one attached hydrogen (secondary N) is 1. The number of ether oxygens (including phenoxy) is 2. The van der Waals surface area contributed by atoms with E-state index in [1.165, 1.54) is 10.6 Å². The third-order valence-electron chi connectivity index (χ3n) is 4.45. The standard InChI is InChI=1S/C18H11BrFN3O3/c19-10-2-1-9(12(20)5-10)7-23-16-11-3-4-14-17(26-8-25-14)15(11)21-6-13(16)22-18(23)24/h1-6H,7-8H2,(H,22,24). The molecule has 0 saturated carbocycles. The number of fused-ring (bicyclic) bond motifs is 5. The van der Waals surface area contributed by atoms with Gasteiger partial charge in [-0.2, -0.15) is 0 Å². The maximum absolute atomic E-state index is 14.3. The Kier molecular flexibility index (Phi) is 3.30. The minimum absolute atomic E-state index is 0.103. The van der Waals surface area contributed by atoms with E-state index in [0.717, 1.165) is 5.39 Å². The summed E-state index contributed by atoms with van der Waals surface area (Å²) in [5.41, 5.74) is 1.94. The van der Waals surface area contributed by atoms with Gasteiger partial charge in [0.2, 0.25) is 6.79 Å². The van der Waals surface area contributed by atoms with Crippen molar-refractivity contribution >= 4 is 37.9 Å². The first-order valence-corrected chi connectivity index (χ1v) is 8.65. The number of pyridine rings is 1. The van der Waals surface area contributed by atoms with Gasteiger partial charge in [-0.1, -0.05) is 22.0 Å². The maximum atomic E-state index is 14.3. The molecule has 3 heterocycles. The molecule has 1 N–H and O–H groups in total. The largest absolute Gasteiger partial charge is 0.454 e. The SMILES string of the molecule is O=c1[nH]c2cnc3c4c(ccc3c2n1Cc1ccc(Br)cc1F)OCO4. The summed E-state index contributed by atoms with van der Waals surface area (Å²) in [6.45, 7) is 0.240. The second kappa shape index (κ2) is 5.57. The number of benzene rings is 2. The van der Waals surface area contributed by atoms with Crippen LogP contribution < -0.4 is 15.2 Å². The molecular formula is C18H11BrFN3O3. The number of hydrogen-bond acceptors (Lipinski definition) is 4. The Labute approximate surface area is 154 Å².